The van der Waals surface area contributed by atoms with Gasteiger partial charge >= 0.3 is 0 Å². The van der Waals surface area contributed by atoms with Crippen LogP contribution in [0.2, 0.25) is 0 Å². The maximum atomic E-state index is 10.8. The van der Waals surface area contributed by atoms with Crippen LogP contribution in [0.4, 0.5) is 0 Å². The Morgan fingerprint density at radius 3 is 2.26 bits per heavy atom. The van der Waals surface area contributed by atoms with Gasteiger partial charge in [-0.2, -0.15) is 0 Å². The number of aliphatic hydroxyl groups is 1. The van der Waals surface area contributed by atoms with Crippen LogP contribution in [0, 0.1) is 39.4 Å². The van der Waals surface area contributed by atoms with E-state index in [9.17, 15) is 5.11 Å². The molecule has 0 aliphatic heterocycles. The number of fused-ring (bicyclic) bond motifs is 5. The summed E-state index contributed by atoms with van der Waals surface area (Å²) >= 11 is 0. The van der Waals surface area contributed by atoms with Crippen molar-refractivity contribution in [3.63, 3.8) is 0 Å². The predicted molar refractivity (Wildman–Crippen MR) is 133 cm³/mol. The third-order valence-corrected chi connectivity index (χ3v) is 11.8. The molecule has 1 nitrogen and oxygen atoms in total. The molecule has 0 heterocycles. The predicted octanol–water partition coefficient (Wildman–Crippen LogP) is 8.48. The fourth-order valence-corrected chi connectivity index (χ4v) is 9.76. The van der Waals surface area contributed by atoms with Gasteiger partial charge < -0.3 is 5.11 Å². The second-order valence-corrected chi connectivity index (χ2v) is 13.6. The summed E-state index contributed by atoms with van der Waals surface area (Å²) in [4.78, 5) is 0. The minimum absolute atomic E-state index is 0.0638. The largest absolute Gasteiger partial charge is 0.393 e. The van der Waals surface area contributed by atoms with Gasteiger partial charge in [0, 0.05) is 0 Å². The highest BCUT2D eigenvalue weighted by atomic mass is 16.3. The molecule has 1 unspecified atom stereocenters. The molecule has 4 aliphatic carbocycles. The first-order valence-electron chi connectivity index (χ1n) is 13.4. The molecule has 7 atom stereocenters. The molecule has 1 heteroatoms. The lowest BCUT2D eigenvalue weighted by molar-refractivity contribution is -0.217. The summed E-state index contributed by atoms with van der Waals surface area (Å²) < 4.78 is 0. The van der Waals surface area contributed by atoms with E-state index in [2.05, 4.69) is 61.5 Å². The zero-order chi connectivity index (χ0) is 22.8. The lowest BCUT2D eigenvalue weighted by Crippen LogP contribution is -2.63. The molecule has 0 aromatic carbocycles. The normalized spacial score (nSPS) is 47.8. The minimum Gasteiger partial charge on any atom is -0.393 e. The second-order valence-electron chi connectivity index (χ2n) is 13.6. The molecule has 0 aromatic rings. The lowest BCUT2D eigenvalue weighted by Gasteiger charge is -2.69. The third-order valence-electron chi connectivity index (χ3n) is 11.8. The molecule has 176 valence electrons. The van der Waals surface area contributed by atoms with Gasteiger partial charge in [-0.15, -0.1) is 0 Å². The van der Waals surface area contributed by atoms with Crippen molar-refractivity contribution in [2.45, 2.75) is 126 Å². The molecule has 4 saturated carbocycles. The maximum absolute atomic E-state index is 10.8. The summed E-state index contributed by atoms with van der Waals surface area (Å²) in [6, 6.07) is 0. The molecule has 0 bridgehead atoms. The summed E-state index contributed by atoms with van der Waals surface area (Å²) in [6.45, 7) is 19.6. The van der Waals surface area contributed by atoms with Gasteiger partial charge in [0.1, 0.15) is 0 Å². The maximum Gasteiger partial charge on any atom is 0.0594 e. The van der Waals surface area contributed by atoms with E-state index in [4.69, 9.17) is 0 Å². The van der Waals surface area contributed by atoms with Crippen LogP contribution < -0.4 is 0 Å². The molecule has 4 aliphatic rings. The molecule has 4 fully saturated rings. The van der Waals surface area contributed by atoms with Crippen LogP contribution in [0.5, 0.6) is 0 Å². The summed E-state index contributed by atoms with van der Waals surface area (Å²) in [5, 5.41) is 10.8. The Morgan fingerprint density at radius 2 is 1.58 bits per heavy atom. The molecule has 1 N–H and O–H groups in total. The van der Waals surface area contributed by atoms with E-state index in [1.54, 1.807) is 5.57 Å². The first-order chi connectivity index (χ1) is 14.4. The first-order valence-corrected chi connectivity index (χ1v) is 13.4. The van der Waals surface area contributed by atoms with Gasteiger partial charge in [-0.25, -0.2) is 0 Å². The van der Waals surface area contributed by atoms with E-state index < -0.39 is 0 Å². The van der Waals surface area contributed by atoms with E-state index >= 15 is 0 Å². The molecular weight excluding hydrogens is 376 g/mol. The molecule has 4 rings (SSSR count). The van der Waals surface area contributed by atoms with Crippen molar-refractivity contribution in [2.75, 3.05) is 0 Å². The molecule has 0 spiro atoms. The molecule has 31 heavy (non-hydrogen) atoms. The zero-order valence-electron chi connectivity index (χ0n) is 21.9. The summed E-state index contributed by atoms with van der Waals surface area (Å²) in [7, 11) is 0. The van der Waals surface area contributed by atoms with Crippen molar-refractivity contribution < 1.29 is 5.11 Å². The summed E-state index contributed by atoms with van der Waals surface area (Å²) in [6.07, 6.45) is 15.2. The highest BCUT2D eigenvalue weighted by molar-refractivity contribution is 5.29. The fraction of sp³-hybridized carbons (Fsp3) is 0.867. The SMILES string of the molecule is CC(C)=CCC/C(C)=C1\CC[C@@]2(C)[C@H]1CC[C@H]1[C@@]3(C)CCC(O)C(C)(C)[C@@H]3CC[C@@]12C. The van der Waals surface area contributed by atoms with Crippen molar-refractivity contribution in [3.05, 3.63) is 22.8 Å². The zero-order valence-corrected chi connectivity index (χ0v) is 21.9. The number of allylic oxidation sites excluding steroid dienone is 4. The van der Waals surface area contributed by atoms with Crippen LogP contribution in [0.25, 0.3) is 0 Å². The summed E-state index contributed by atoms with van der Waals surface area (Å²) in [5.74, 6) is 2.30. The Labute approximate surface area is 193 Å². The van der Waals surface area contributed by atoms with Gasteiger partial charge in [0.05, 0.1) is 6.10 Å². The standard InChI is InChI=1S/C30H50O/c1-20(2)10-9-11-21(3)22-14-18-29(7)23(22)12-13-25-28(6)17-16-26(31)27(4,5)24(28)15-19-30(25,29)8/h10,23-26,31H,9,11-19H2,1-8H3/b22-21+/t23-,24-,25-,26?,28-,29-,30-/m0/s1. The van der Waals surface area contributed by atoms with Crippen molar-refractivity contribution in [2.24, 2.45) is 39.4 Å². The van der Waals surface area contributed by atoms with Crippen LogP contribution in [0.15, 0.2) is 22.8 Å². The molecule has 0 aromatic heterocycles. The quantitative estimate of drug-likeness (QED) is 0.449. The van der Waals surface area contributed by atoms with E-state index in [1.807, 2.05) is 5.57 Å². The van der Waals surface area contributed by atoms with Gasteiger partial charge in [-0.3, -0.25) is 0 Å². The smallest absolute Gasteiger partial charge is 0.0594 e. The Morgan fingerprint density at radius 1 is 0.871 bits per heavy atom. The van der Waals surface area contributed by atoms with Gasteiger partial charge in [0.15, 0.2) is 0 Å². The number of aliphatic hydroxyl groups excluding tert-OH is 1. The van der Waals surface area contributed by atoms with Crippen molar-refractivity contribution in [3.8, 4) is 0 Å². The third kappa shape index (κ3) is 3.34. The molecular formula is C30H50O. The first kappa shape index (κ1) is 23.6. The highest BCUT2D eigenvalue weighted by Gasteiger charge is 2.67. The van der Waals surface area contributed by atoms with Crippen LogP contribution in [0.1, 0.15) is 120 Å². The van der Waals surface area contributed by atoms with Crippen LogP contribution in [0.3, 0.4) is 0 Å². The van der Waals surface area contributed by atoms with Gasteiger partial charge in [-0.1, -0.05) is 57.4 Å². The van der Waals surface area contributed by atoms with Crippen molar-refractivity contribution >= 4 is 0 Å². The van der Waals surface area contributed by atoms with E-state index in [-0.39, 0.29) is 11.5 Å². The molecule has 0 radical (unpaired) electrons. The summed E-state index contributed by atoms with van der Waals surface area (Å²) in [5.41, 5.74) is 6.36. The Kier molecular flexibility index (Phi) is 5.90. The van der Waals surface area contributed by atoms with E-state index in [0.717, 1.165) is 18.3 Å². The van der Waals surface area contributed by atoms with Crippen molar-refractivity contribution in [1.82, 2.24) is 0 Å². The monoisotopic (exact) mass is 426 g/mol. The number of hydrogen-bond donors (Lipinski definition) is 1. The van der Waals surface area contributed by atoms with Crippen LogP contribution in [-0.4, -0.2) is 11.2 Å². The van der Waals surface area contributed by atoms with Gasteiger partial charge in [0.25, 0.3) is 0 Å². The van der Waals surface area contributed by atoms with Crippen molar-refractivity contribution in [1.29, 1.82) is 0 Å². The van der Waals surface area contributed by atoms with Crippen LogP contribution >= 0.6 is 0 Å². The minimum atomic E-state index is -0.119. The van der Waals surface area contributed by atoms with Gasteiger partial charge in [-0.05, 0) is 124 Å². The molecule has 0 saturated heterocycles. The van der Waals surface area contributed by atoms with E-state index in [1.165, 1.54) is 63.4 Å². The fourth-order valence-electron chi connectivity index (χ4n) is 9.76. The number of hydrogen-bond acceptors (Lipinski definition) is 1. The van der Waals surface area contributed by atoms with Crippen LogP contribution in [-0.2, 0) is 0 Å². The number of rotatable bonds is 3. The Bertz CT molecular complexity index is 767. The lowest BCUT2D eigenvalue weighted by atomic mass is 9.35. The molecule has 0 amide bonds. The van der Waals surface area contributed by atoms with E-state index in [0.29, 0.717) is 22.2 Å². The highest BCUT2D eigenvalue weighted by Crippen LogP contribution is 2.75. The Hall–Kier alpha value is -0.560. The average Bonchev–Trinajstić information content (AvgIpc) is 3.03. The average molecular weight is 427 g/mol. The topological polar surface area (TPSA) is 20.2 Å². The Balaban J connectivity index is 1.64. The second kappa shape index (κ2) is 7.75. The van der Waals surface area contributed by atoms with Gasteiger partial charge in [0.2, 0.25) is 0 Å².